The highest BCUT2D eigenvalue weighted by atomic mass is 19.1. The third-order valence-electron chi connectivity index (χ3n) is 5.88. The van der Waals surface area contributed by atoms with Gasteiger partial charge < -0.3 is 14.2 Å². The van der Waals surface area contributed by atoms with Crippen LogP contribution in [0, 0.1) is 11.6 Å². The summed E-state index contributed by atoms with van der Waals surface area (Å²) < 4.78 is 39.0. The first-order valence-electron chi connectivity index (χ1n) is 10.3. The minimum Gasteiger partial charge on any atom is -0.467 e. The smallest absolute Gasteiger partial charge is 0.325 e. The normalized spacial score (nSPS) is 22.3. The summed E-state index contributed by atoms with van der Waals surface area (Å²) in [6.07, 6.45) is 3.22. The Bertz CT molecular complexity index is 1300. The molecule has 3 aromatic rings. The van der Waals surface area contributed by atoms with Crippen LogP contribution in [0.2, 0.25) is 0 Å². The van der Waals surface area contributed by atoms with Gasteiger partial charge in [-0.05, 0) is 49.4 Å². The number of rotatable bonds is 5. The number of benzene rings is 1. The molecule has 0 bridgehead atoms. The minimum atomic E-state index is -1.88. The highest BCUT2D eigenvalue weighted by molar-refractivity contribution is 6.09. The third kappa shape index (κ3) is 3.45. The van der Waals surface area contributed by atoms with E-state index in [1.54, 1.807) is 24.3 Å². The van der Waals surface area contributed by atoms with Crippen LogP contribution < -0.4 is 5.32 Å². The molecule has 1 fully saturated rings. The van der Waals surface area contributed by atoms with Crippen LogP contribution in [0.1, 0.15) is 36.5 Å². The van der Waals surface area contributed by atoms with E-state index in [4.69, 9.17) is 8.83 Å². The van der Waals surface area contributed by atoms with Crippen molar-refractivity contribution in [3.63, 3.8) is 0 Å². The van der Waals surface area contributed by atoms with Gasteiger partial charge in [-0.25, -0.2) is 18.6 Å². The Morgan fingerprint density at radius 1 is 1.18 bits per heavy atom. The van der Waals surface area contributed by atoms with Gasteiger partial charge in [0.05, 0.1) is 12.5 Å². The standard InChI is InChI=1S/C23H18F2N4O5/c1-23(14-10-13(24)6-7-15(14)25)21(31)28(22(32)26-23)12-20(30)29-17(19-5-3-9-34-19)11-16(27-29)18-4-2-8-33-18/h2-10,17H,11-12H2,1H3,(H,26,32). The van der Waals surface area contributed by atoms with E-state index in [-0.39, 0.29) is 5.56 Å². The van der Waals surface area contributed by atoms with Gasteiger partial charge in [0.2, 0.25) is 0 Å². The number of hydrogen-bond acceptors (Lipinski definition) is 6. The van der Waals surface area contributed by atoms with Crippen molar-refractivity contribution in [2.45, 2.75) is 24.9 Å². The number of carbonyl (C=O) groups excluding carboxylic acids is 3. The SMILES string of the molecule is CC1(c2cc(F)ccc2F)NC(=O)N(CC(=O)N2N=C(c3ccco3)CC2c2ccco2)C1=O. The lowest BCUT2D eigenvalue weighted by molar-refractivity contribution is -0.140. The summed E-state index contributed by atoms with van der Waals surface area (Å²) in [5.74, 6) is -2.27. The van der Waals surface area contributed by atoms with Crippen LogP contribution in [-0.2, 0) is 15.1 Å². The van der Waals surface area contributed by atoms with Crippen LogP contribution in [0.15, 0.2) is 68.9 Å². The molecule has 0 saturated carbocycles. The molecule has 0 radical (unpaired) electrons. The predicted molar refractivity (Wildman–Crippen MR) is 112 cm³/mol. The highest BCUT2D eigenvalue weighted by Gasteiger charge is 2.51. The molecule has 2 aliphatic heterocycles. The van der Waals surface area contributed by atoms with E-state index >= 15 is 0 Å². The number of hydrogen-bond donors (Lipinski definition) is 1. The Morgan fingerprint density at radius 3 is 2.65 bits per heavy atom. The lowest BCUT2D eigenvalue weighted by Gasteiger charge is -2.24. The number of halogens is 2. The quantitative estimate of drug-likeness (QED) is 0.578. The molecule has 9 nitrogen and oxygen atoms in total. The zero-order chi connectivity index (χ0) is 24.0. The zero-order valence-electron chi connectivity index (χ0n) is 17.8. The van der Waals surface area contributed by atoms with Gasteiger partial charge in [0, 0.05) is 12.0 Å². The molecule has 0 aliphatic carbocycles. The van der Waals surface area contributed by atoms with Crippen LogP contribution in [0.25, 0.3) is 0 Å². The molecule has 1 saturated heterocycles. The second kappa shape index (κ2) is 7.94. The van der Waals surface area contributed by atoms with Crippen molar-refractivity contribution < 1.29 is 32.0 Å². The molecule has 174 valence electrons. The third-order valence-corrected chi connectivity index (χ3v) is 5.88. The molecule has 11 heteroatoms. The molecule has 2 aliphatic rings. The van der Waals surface area contributed by atoms with Crippen molar-refractivity contribution in [1.82, 2.24) is 15.2 Å². The van der Waals surface area contributed by atoms with Gasteiger partial charge in [0.25, 0.3) is 11.8 Å². The number of carbonyl (C=O) groups is 3. The lowest BCUT2D eigenvalue weighted by atomic mass is 9.91. The summed E-state index contributed by atoms with van der Waals surface area (Å²) in [7, 11) is 0. The summed E-state index contributed by atoms with van der Waals surface area (Å²) in [6.45, 7) is 0.591. The number of nitrogens with zero attached hydrogens (tertiary/aromatic N) is 3. The number of imide groups is 1. The van der Waals surface area contributed by atoms with E-state index in [1.165, 1.54) is 19.5 Å². The Morgan fingerprint density at radius 2 is 1.94 bits per heavy atom. The van der Waals surface area contributed by atoms with E-state index in [9.17, 15) is 23.2 Å². The highest BCUT2D eigenvalue weighted by Crippen LogP contribution is 2.35. The fraction of sp³-hybridized carbons (Fsp3) is 0.217. The molecular weight excluding hydrogens is 450 g/mol. The number of nitrogens with one attached hydrogen (secondary N) is 1. The molecular formula is C23H18F2N4O5. The summed E-state index contributed by atoms with van der Waals surface area (Å²) in [4.78, 5) is 39.6. The maximum atomic E-state index is 14.4. The lowest BCUT2D eigenvalue weighted by Crippen LogP contribution is -2.44. The van der Waals surface area contributed by atoms with Gasteiger partial charge in [0.1, 0.15) is 47.0 Å². The number of hydrazone groups is 1. The predicted octanol–water partition coefficient (Wildman–Crippen LogP) is 3.30. The van der Waals surface area contributed by atoms with Crippen molar-refractivity contribution in [2.75, 3.05) is 6.54 Å². The van der Waals surface area contributed by atoms with E-state index < -0.39 is 47.6 Å². The van der Waals surface area contributed by atoms with Gasteiger partial charge in [-0.3, -0.25) is 14.5 Å². The van der Waals surface area contributed by atoms with Gasteiger partial charge in [-0.1, -0.05) is 0 Å². The molecule has 4 amide bonds. The van der Waals surface area contributed by atoms with Gasteiger partial charge in [-0.15, -0.1) is 0 Å². The average molecular weight is 468 g/mol. The van der Waals surface area contributed by atoms with Crippen LogP contribution >= 0.6 is 0 Å². The van der Waals surface area contributed by atoms with Crippen LogP contribution in [0.5, 0.6) is 0 Å². The minimum absolute atomic E-state index is 0.291. The summed E-state index contributed by atoms with van der Waals surface area (Å²) in [5.41, 5.74) is -1.73. The van der Waals surface area contributed by atoms with Crippen molar-refractivity contribution in [1.29, 1.82) is 0 Å². The van der Waals surface area contributed by atoms with Crippen LogP contribution in [-0.4, -0.2) is 40.0 Å². The molecule has 0 spiro atoms. The second-order valence-electron chi connectivity index (χ2n) is 8.07. The van der Waals surface area contributed by atoms with Crippen LogP contribution in [0.3, 0.4) is 0 Å². The van der Waals surface area contributed by atoms with Crippen LogP contribution in [0.4, 0.5) is 13.6 Å². The molecule has 34 heavy (non-hydrogen) atoms. The summed E-state index contributed by atoms with van der Waals surface area (Å²) >= 11 is 0. The molecule has 4 heterocycles. The Balaban J connectivity index is 1.42. The molecule has 1 N–H and O–H groups in total. The zero-order valence-corrected chi connectivity index (χ0v) is 17.8. The maximum absolute atomic E-state index is 14.4. The summed E-state index contributed by atoms with van der Waals surface area (Å²) in [5, 5.41) is 7.85. The Labute approximate surface area is 191 Å². The number of furan rings is 2. The number of urea groups is 1. The van der Waals surface area contributed by atoms with Gasteiger partial charge >= 0.3 is 6.03 Å². The van der Waals surface area contributed by atoms with E-state index in [0.717, 1.165) is 23.2 Å². The van der Waals surface area contributed by atoms with Crippen molar-refractivity contribution in [3.05, 3.63) is 83.7 Å². The summed E-state index contributed by atoms with van der Waals surface area (Å²) in [6, 6.07) is 7.82. The van der Waals surface area contributed by atoms with Gasteiger partial charge in [-0.2, -0.15) is 5.10 Å². The Hall–Kier alpha value is -4.28. The van der Waals surface area contributed by atoms with Crippen molar-refractivity contribution in [2.24, 2.45) is 5.10 Å². The average Bonchev–Trinajstić information content (AvgIpc) is 3.60. The first kappa shape index (κ1) is 21.6. The molecule has 5 rings (SSSR count). The molecule has 1 aromatic carbocycles. The molecule has 2 aromatic heterocycles. The molecule has 2 atom stereocenters. The number of amides is 4. The maximum Gasteiger partial charge on any atom is 0.325 e. The molecule has 2 unspecified atom stereocenters. The first-order valence-corrected chi connectivity index (χ1v) is 10.3. The Kier molecular flexibility index (Phi) is 5.03. The second-order valence-corrected chi connectivity index (χ2v) is 8.07. The van der Waals surface area contributed by atoms with E-state index in [2.05, 4.69) is 10.4 Å². The first-order chi connectivity index (χ1) is 16.3. The topological polar surface area (TPSA) is 108 Å². The van der Waals surface area contributed by atoms with Crippen molar-refractivity contribution in [3.8, 4) is 0 Å². The van der Waals surface area contributed by atoms with Gasteiger partial charge in [0.15, 0.2) is 0 Å². The fourth-order valence-electron chi connectivity index (χ4n) is 4.15. The monoisotopic (exact) mass is 468 g/mol. The fourth-order valence-corrected chi connectivity index (χ4v) is 4.15. The van der Waals surface area contributed by atoms with Crippen molar-refractivity contribution >= 4 is 23.6 Å². The largest absolute Gasteiger partial charge is 0.467 e. The van der Waals surface area contributed by atoms with E-state index in [1.807, 2.05) is 0 Å². The van der Waals surface area contributed by atoms with E-state index in [0.29, 0.717) is 28.6 Å².